The van der Waals surface area contributed by atoms with Crippen LogP contribution in [0, 0.1) is 6.92 Å². The van der Waals surface area contributed by atoms with Crippen molar-refractivity contribution < 1.29 is 4.79 Å². The average Bonchev–Trinajstić information content (AvgIpc) is 3.10. The largest absolute Gasteiger partial charge is 0.351 e. The van der Waals surface area contributed by atoms with Crippen LogP contribution in [-0.4, -0.2) is 41.8 Å². The van der Waals surface area contributed by atoms with Gasteiger partial charge in [-0.3, -0.25) is 4.79 Å². The fourth-order valence-electron chi connectivity index (χ4n) is 3.12. The highest BCUT2D eigenvalue weighted by Gasteiger charge is 2.25. The van der Waals surface area contributed by atoms with Crippen LogP contribution in [-0.2, 0) is 11.3 Å². The SMILES string of the molecule is Cc1ccc(CNC(=O)CNC[C@@H]2CCCN2c2cccnn2)cc1. The maximum absolute atomic E-state index is 12.0. The quantitative estimate of drug-likeness (QED) is 0.803. The molecule has 1 aliphatic rings. The fraction of sp³-hybridized carbons (Fsp3) is 0.421. The fourth-order valence-corrected chi connectivity index (χ4v) is 3.12. The molecule has 0 saturated carbocycles. The van der Waals surface area contributed by atoms with E-state index in [2.05, 4.69) is 44.8 Å². The molecule has 0 radical (unpaired) electrons. The van der Waals surface area contributed by atoms with E-state index in [-0.39, 0.29) is 5.91 Å². The molecule has 0 unspecified atom stereocenters. The van der Waals surface area contributed by atoms with Crippen molar-refractivity contribution in [3.8, 4) is 0 Å². The van der Waals surface area contributed by atoms with Crippen molar-refractivity contribution in [2.45, 2.75) is 32.4 Å². The topological polar surface area (TPSA) is 70.2 Å². The number of aromatic nitrogens is 2. The molecule has 6 nitrogen and oxygen atoms in total. The Bertz CT molecular complexity index is 674. The zero-order valence-electron chi connectivity index (χ0n) is 14.6. The molecule has 25 heavy (non-hydrogen) atoms. The molecular formula is C19H25N5O. The van der Waals surface area contributed by atoms with Crippen LogP contribution in [0.25, 0.3) is 0 Å². The highest BCUT2D eigenvalue weighted by Crippen LogP contribution is 2.22. The molecule has 1 aromatic carbocycles. The standard InChI is InChI=1S/C19H25N5O/c1-15-6-8-16(9-7-15)12-21-19(25)14-20-13-17-4-3-11-24(17)18-5-2-10-22-23-18/h2,5-10,17,20H,3-4,11-14H2,1H3,(H,21,25)/t17-/m0/s1. The third-order valence-electron chi connectivity index (χ3n) is 4.51. The molecule has 2 aromatic rings. The van der Waals surface area contributed by atoms with Crippen LogP contribution in [0.4, 0.5) is 5.82 Å². The number of carbonyl (C=O) groups is 1. The summed E-state index contributed by atoms with van der Waals surface area (Å²) in [6, 6.07) is 12.5. The van der Waals surface area contributed by atoms with E-state index in [9.17, 15) is 4.79 Å². The van der Waals surface area contributed by atoms with E-state index in [0.717, 1.165) is 37.3 Å². The Labute approximate surface area is 148 Å². The van der Waals surface area contributed by atoms with Gasteiger partial charge in [0.05, 0.1) is 6.54 Å². The number of anilines is 1. The summed E-state index contributed by atoms with van der Waals surface area (Å²) in [7, 11) is 0. The first kappa shape index (κ1) is 17.4. The molecule has 1 atom stereocenters. The van der Waals surface area contributed by atoms with Gasteiger partial charge >= 0.3 is 0 Å². The predicted molar refractivity (Wildman–Crippen MR) is 98.3 cm³/mol. The Morgan fingerprint density at radius 2 is 2.12 bits per heavy atom. The third kappa shape index (κ3) is 5.00. The van der Waals surface area contributed by atoms with Gasteiger partial charge in [0.1, 0.15) is 0 Å². The van der Waals surface area contributed by atoms with E-state index in [1.54, 1.807) is 6.20 Å². The molecule has 6 heteroatoms. The molecular weight excluding hydrogens is 314 g/mol. The van der Waals surface area contributed by atoms with Crippen LogP contribution < -0.4 is 15.5 Å². The molecule has 1 saturated heterocycles. The molecule has 1 aromatic heterocycles. The van der Waals surface area contributed by atoms with Gasteiger partial charge in [0.15, 0.2) is 5.82 Å². The zero-order valence-corrected chi connectivity index (χ0v) is 14.6. The first-order valence-electron chi connectivity index (χ1n) is 8.79. The van der Waals surface area contributed by atoms with Crippen molar-refractivity contribution in [3.05, 3.63) is 53.7 Å². The normalized spacial score (nSPS) is 16.8. The van der Waals surface area contributed by atoms with Crippen molar-refractivity contribution in [1.82, 2.24) is 20.8 Å². The maximum Gasteiger partial charge on any atom is 0.234 e. The Kier molecular flexibility index (Phi) is 5.95. The summed E-state index contributed by atoms with van der Waals surface area (Å²) >= 11 is 0. The molecule has 1 aliphatic heterocycles. The van der Waals surface area contributed by atoms with Crippen LogP contribution in [0.3, 0.4) is 0 Å². The van der Waals surface area contributed by atoms with Gasteiger partial charge < -0.3 is 15.5 Å². The van der Waals surface area contributed by atoms with Crippen LogP contribution in [0.15, 0.2) is 42.6 Å². The maximum atomic E-state index is 12.0. The molecule has 1 fully saturated rings. The second-order valence-electron chi connectivity index (χ2n) is 6.46. The molecule has 0 bridgehead atoms. The van der Waals surface area contributed by atoms with Crippen LogP contribution in [0.5, 0.6) is 0 Å². The van der Waals surface area contributed by atoms with E-state index in [1.165, 1.54) is 5.56 Å². The first-order chi connectivity index (χ1) is 12.2. The second kappa shape index (κ2) is 8.58. The lowest BCUT2D eigenvalue weighted by molar-refractivity contribution is -0.120. The van der Waals surface area contributed by atoms with Gasteiger partial charge in [-0.05, 0) is 37.5 Å². The van der Waals surface area contributed by atoms with Crippen LogP contribution >= 0.6 is 0 Å². The minimum Gasteiger partial charge on any atom is -0.351 e. The lowest BCUT2D eigenvalue weighted by atomic mass is 10.1. The average molecular weight is 339 g/mol. The van der Waals surface area contributed by atoms with Gasteiger partial charge in [0.25, 0.3) is 0 Å². The minimum absolute atomic E-state index is 0.0182. The highest BCUT2D eigenvalue weighted by atomic mass is 16.1. The molecule has 132 valence electrons. The molecule has 0 spiro atoms. The predicted octanol–water partition coefficient (Wildman–Crippen LogP) is 1.66. The Morgan fingerprint density at radius 3 is 2.88 bits per heavy atom. The van der Waals surface area contributed by atoms with Crippen molar-refractivity contribution in [2.75, 3.05) is 24.5 Å². The van der Waals surface area contributed by atoms with Gasteiger partial charge in [-0.15, -0.1) is 5.10 Å². The summed E-state index contributed by atoms with van der Waals surface area (Å²) in [5, 5.41) is 14.4. The smallest absolute Gasteiger partial charge is 0.234 e. The lowest BCUT2D eigenvalue weighted by Crippen LogP contribution is -2.42. The highest BCUT2D eigenvalue weighted by molar-refractivity contribution is 5.77. The summed E-state index contributed by atoms with van der Waals surface area (Å²) < 4.78 is 0. The number of nitrogens with one attached hydrogen (secondary N) is 2. The number of aryl methyl sites for hydroxylation is 1. The summed E-state index contributed by atoms with van der Waals surface area (Å²) in [6.45, 7) is 4.71. The summed E-state index contributed by atoms with van der Waals surface area (Å²) in [4.78, 5) is 14.3. The van der Waals surface area contributed by atoms with Gasteiger partial charge in [0.2, 0.25) is 5.91 Å². The van der Waals surface area contributed by atoms with E-state index in [1.807, 2.05) is 24.3 Å². The number of nitrogens with zero attached hydrogens (tertiary/aromatic N) is 3. The van der Waals surface area contributed by atoms with E-state index < -0.39 is 0 Å². The van der Waals surface area contributed by atoms with Gasteiger partial charge in [-0.2, -0.15) is 5.10 Å². The van der Waals surface area contributed by atoms with E-state index in [0.29, 0.717) is 19.1 Å². The van der Waals surface area contributed by atoms with Gasteiger partial charge in [-0.25, -0.2) is 0 Å². The van der Waals surface area contributed by atoms with Crippen molar-refractivity contribution in [2.24, 2.45) is 0 Å². The van der Waals surface area contributed by atoms with Crippen molar-refractivity contribution in [3.63, 3.8) is 0 Å². The van der Waals surface area contributed by atoms with E-state index in [4.69, 9.17) is 0 Å². The zero-order chi connectivity index (χ0) is 17.5. The molecule has 2 heterocycles. The first-order valence-corrected chi connectivity index (χ1v) is 8.79. The number of benzene rings is 1. The van der Waals surface area contributed by atoms with Crippen molar-refractivity contribution >= 4 is 11.7 Å². The molecule has 3 rings (SSSR count). The molecule has 0 aliphatic carbocycles. The lowest BCUT2D eigenvalue weighted by Gasteiger charge is -2.25. The summed E-state index contributed by atoms with van der Waals surface area (Å²) in [5.74, 6) is 0.931. The number of amides is 1. The number of hydrogen-bond donors (Lipinski definition) is 2. The van der Waals surface area contributed by atoms with E-state index >= 15 is 0 Å². The number of rotatable bonds is 7. The summed E-state index contributed by atoms with van der Waals surface area (Å²) in [5.41, 5.74) is 2.34. The van der Waals surface area contributed by atoms with Gasteiger partial charge in [-0.1, -0.05) is 29.8 Å². The molecule has 1 amide bonds. The number of carbonyl (C=O) groups excluding carboxylic acids is 1. The van der Waals surface area contributed by atoms with Crippen molar-refractivity contribution in [1.29, 1.82) is 0 Å². The van der Waals surface area contributed by atoms with Gasteiger partial charge in [0, 0.05) is 31.9 Å². The van der Waals surface area contributed by atoms with Crippen LogP contribution in [0.2, 0.25) is 0 Å². The minimum atomic E-state index is 0.0182. The third-order valence-corrected chi connectivity index (χ3v) is 4.51. The monoisotopic (exact) mass is 339 g/mol. The Balaban J connectivity index is 1.40. The molecule has 2 N–H and O–H groups in total. The Morgan fingerprint density at radius 1 is 1.28 bits per heavy atom. The Hall–Kier alpha value is -2.47. The second-order valence-corrected chi connectivity index (χ2v) is 6.46. The summed E-state index contributed by atoms with van der Waals surface area (Å²) in [6.07, 6.45) is 3.93. The van der Waals surface area contributed by atoms with Crippen LogP contribution in [0.1, 0.15) is 24.0 Å². The number of hydrogen-bond acceptors (Lipinski definition) is 5.